The Balaban J connectivity index is 2.18. The molecule has 1 aliphatic rings. The van der Waals surface area contributed by atoms with Crippen molar-refractivity contribution in [3.05, 3.63) is 23.3 Å². The summed E-state index contributed by atoms with van der Waals surface area (Å²) in [6.45, 7) is 4.64. The minimum Gasteiger partial charge on any atom is -0.238 e. The van der Waals surface area contributed by atoms with Crippen LogP contribution in [0.2, 0.25) is 0 Å². The predicted octanol–water partition coefficient (Wildman–Crippen LogP) is 1.88. The van der Waals surface area contributed by atoms with Crippen LogP contribution in [0, 0.1) is 13.8 Å². The summed E-state index contributed by atoms with van der Waals surface area (Å²) in [7, 11) is 0. The zero-order chi connectivity index (χ0) is 9.97. The molecule has 4 heteroatoms. The Hall–Kier alpha value is -1.00. The quantitative estimate of drug-likeness (QED) is 0.640. The molecule has 2 rings (SSSR count). The second-order valence-corrected chi connectivity index (χ2v) is 3.55. The molecule has 0 spiro atoms. The normalized spacial score (nSPS) is 22.3. The fraction of sp³-hybridized carbons (Fsp3) is 0.600. The van der Waals surface area contributed by atoms with Gasteiger partial charge in [0.05, 0.1) is 6.61 Å². The van der Waals surface area contributed by atoms with Crippen molar-refractivity contribution in [2.45, 2.75) is 32.8 Å². The summed E-state index contributed by atoms with van der Waals surface area (Å²) in [6.07, 6.45) is 3.67. The van der Waals surface area contributed by atoms with Gasteiger partial charge >= 0.3 is 0 Å². The van der Waals surface area contributed by atoms with Crippen LogP contribution in [0.5, 0.6) is 0 Å². The molecule has 0 amide bonds. The Kier molecular flexibility index (Phi) is 2.74. The molecule has 0 aromatic carbocycles. The first-order valence-corrected chi connectivity index (χ1v) is 4.86. The molecule has 0 aliphatic carbocycles. The monoisotopic (exact) mass is 194 g/mol. The molecular weight excluding hydrogens is 180 g/mol. The van der Waals surface area contributed by atoms with Gasteiger partial charge in [-0.05, 0) is 32.3 Å². The number of aryl methyl sites for hydroxylation is 2. The van der Waals surface area contributed by atoms with E-state index in [-0.39, 0.29) is 6.10 Å². The molecule has 1 aromatic heterocycles. The van der Waals surface area contributed by atoms with E-state index in [9.17, 15) is 0 Å². The van der Waals surface area contributed by atoms with Crippen molar-refractivity contribution in [1.29, 1.82) is 0 Å². The van der Waals surface area contributed by atoms with Crippen LogP contribution in [0.3, 0.4) is 0 Å². The molecule has 14 heavy (non-hydrogen) atoms. The molecule has 1 unspecified atom stereocenters. The summed E-state index contributed by atoms with van der Waals surface area (Å²) in [5.74, 6) is 0.729. The van der Waals surface area contributed by atoms with Crippen molar-refractivity contribution in [2.75, 3.05) is 6.61 Å². The number of nitrogens with zero attached hydrogens (tertiary/aromatic N) is 2. The first-order chi connectivity index (χ1) is 6.77. The standard InChI is InChI=1S/C10H14N2O2/c1-7-6-11-10(12-8(7)2)9-4-3-5-13-14-9/h6,9H,3-5H2,1-2H3. The van der Waals surface area contributed by atoms with Gasteiger partial charge in [0.1, 0.15) is 0 Å². The zero-order valence-corrected chi connectivity index (χ0v) is 8.49. The minimum absolute atomic E-state index is 0.0944. The summed E-state index contributed by atoms with van der Waals surface area (Å²) in [6, 6.07) is 0. The van der Waals surface area contributed by atoms with Crippen LogP contribution in [-0.2, 0) is 9.78 Å². The van der Waals surface area contributed by atoms with Crippen molar-refractivity contribution < 1.29 is 9.78 Å². The van der Waals surface area contributed by atoms with Crippen molar-refractivity contribution in [3.8, 4) is 0 Å². The lowest BCUT2D eigenvalue weighted by Gasteiger charge is -2.20. The molecule has 1 aromatic rings. The first-order valence-electron chi connectivity index (χ1n) is 4.86. The average Bonchev–Trinajstić information content (AvgIpc) is 2.23. The van der Waals surface area contributed by atoms with Crippen molar-refractivity contribution in [1.82, 2.24) is 9.97 Å². The number of aromatic nitrogens is 2. The van der Waals surface area contributed by atoms with Crippen LogP contribution in [0.25, 0.3) is 0 Å². The molecule has 76 valence electrons. The Morgan fingerprint density at radius 3 is 2.93 bits per heavy atom. The highest BCUT2D eigenvalue weighted by atomic mass is 17.2. The third-order valence-electron chi connectivity index (χ3n) is 2.41. The maximum atomic E-state index is 5.13. The fourth-order valence-corrected chi connectivity index (χ4v) is 1.38. The van der Waals surface area contributed by atoms with E-state index in [2.05, 4.69) is 9.97 Å². The lowest BCUT2D eigenvalue weighted by Crippen LogP contribution is -2.16. The van der Waals surface area contributed by atoms with E-state index in [1.54, 1.807) is 0 Å². The smallest absolute Gasteiger partial charge is 0.160 e. The average molecular weight is 194 g/mol. The van der Waals surface area contributed by atoms with Gasteiger partial charge in [-0.3, -0.25) is 0 Å². The molecule has 1 atom stereocenters. The minimum atomic E-state index is -0.0944. The lowest BCUT2D eigenvalue weighted by atomic mass is 10.1. The molecule has 1 fully saturated rings. The van der Waals surface area contributed by atoms with E-state index < -0.39 is 0 Å². The summed E-state index contributed by atoms with van der Waals surface area (Å²) < 4.78 is 0. The number of rotatable bonds is 1. The SMILES string of the molecule is Cc1cnc(C2CCCOO2)nc1C. The maximum Gasteiger partial charge on any atom is 0.160 e. The van der Waals surface area contributed by atoms with Crippen LogP contribution in [0.15, 0.2) is 6.20 Å². The van der Waals surface area contributed by atoms with Crippen LogP contribution in [-0.4, -0.2) is 16.6 Å². The molecule has 1 aliphatic heterocycles. The van der Waals surface area contributed by atoms with E-state index >= 15 is 0 Å². The molecular formula is C10H14N2O2. The van der Waals surface area contributed by atoms with Gasteiger partial charge < -0.3 is 0 Å². The summed E-state index contributed by atoms with van der Waals surface area (Å²) in [4.78, 5) is 18.7. The molecule has 4 nitrogen and oxygen atoms in total. The summed E-state index contributed by atoms with van der Waals surface area (Å²) in [5, 5.41) is 0. The molecule has 0 bridgehead atoms. The highest BCUT2D eigenvalue weighted by molar-refractivity contribution is 5.14. The molecule has 0 radical (unpaired) electrons. The first kappa shape index (κ1) is 9.55. The fourth-order valence-electron chi connectivity index (χ4n) is 1.38. The second kappa shape index (κ2) is 4.02. The van der Waals surface area contributed by atoms with Gasteiger partial charge in [-0.25, -0.2) is 19.7 Å². The van der Waals surface area contributed by atoms with Gasteiger partial charge in [0.15, 0.2) is 11.9 Å². The van der Waals surface area contributed by atoms with Gasteiger partial charge in [-0.15, -0.1) is 0 Å². The lowest BCUT2D eigenvalue weighted by molar-refractivity contribution is -0.349. The zero-order valence-electron chi connectivity index (χ0n) is 8.49. The van der Waals surface area contributed by atoms with Crippen LogP contribution < -0.4 is 0 Å². The predicted molar refractivity (Wildman–Crippen MR) is 50.5 cm³/mol. The van der Waals surface area contributed by atoms with Gasteiger partial charge in [-0.1, -0.05) is 0 Å². The van der Waals surface area contributed by atoms with Gasteiger partial charge in [0.25, 0.3) is 0 Å². The molecule has 2 heterocycles. The third-order valence-corrected chi connectivity index (χ3v) is 2.41. The van der Waals surface area contributed by atoms with Crippen LogP contribution in [0.1, 0.15) is 36.0 Å². The summed E-state index contributed by atoms with van der Waals surface area (Å²) >= 11 is 0. The highest BCUT2D eigenvalue weighted by Crippen LogP contribution is 2.24. The van der Waals surface area contributed by atoms with Gasteiger partial charge in [-0.2, -0.15) is 0 Å². The van der Waals surface area contributed by atoms with E-state index in [1.807, 2.05) is 20.0 Å². The number of hydrogen-bond donors (Lipinski definition) is 0. The molecule has 0 N–H and O–H groups in total. The van der Waals surface area contributed by atoms with E-state index in [0.717, 1.165) is 29.9 Å². The van der Waals surface area contributed by atoms with Crippen molar-refractivity contribution in [3.63, 3.8) is 0 Å². The van der Waals surface area contributed by atoms with Crippen LogP contribution >= 0.6 is 0 Å². The highest BCUT2D eigenvalue weighted by Gasteiger charge is 2.20. The number of hydrogen-bond acceptors (Lipinski definition) is 4. The second-order valence-electron chi connectivity index (χ2n) is 3.55. The molecule has 0 saturated carbocycles. The maximum absolute atomic E-state index is 5.13. The largest absolute Gasteiger partial charge is 0.238 e. The van der Waals surface area contributed by atoms with Gasteiger partial charge in [0.2, 0.25) is 0 Å². The Bertz CT molecular complexity index is 322. The Morgan fingerprint density at radius 2 is 2.29 bits per heavy atom. The van der Waals surface area contributed by atoms with E-state index in [4.69, 9.17) is 9.78 Å². The third kappa shape index (κ3) is 1.91. The van der Waals surface area contributed by atoms with E-state index in [0.29, 0.717) is 6.61 Å². The Labute approximate surface area is 83.2 Å². The van der Waals surface area contributed by atoms with Crippen LogP contribution in [0.4, 0.5) is 0 Å². The summed E-state index contributed by atoms with van der Waals surface area (Å²) in [5.41, 5.74) is 2.11. The van der Waals surface area contributed by atoms with Crippen molar-refractivity contribution in [2.24, 2.45) is 0 Å². The Morgan fingerprint density at radius 1 is 1.43 bits per heavy atom. The van der Waals surface area contributed by atoms with Crippen molar-refractivity contribution >= 4 is 0 Å². The van der Waals surface area contributed by atoms with E-state index in [1.165, 1.54) is 0 Å². The van der Waals surface area contributed by atoms with Gasteiger partial charge in [0, 0.05) is 11.9 Å². The molecule has 1 saturated heterocycles. The topological polar surface area (TPSA) is 44.2 Å².